The Morgan fingerprint density at radius 3 is 2.88 bits per heavy atom. The molecule has 2 aromatic heterocycles. The van der Waals surface area contributed by atoms with Crippen molar-refractivity contribution in [2.24, 2.45) is 0 Å². The fourth-order valence-corrected chi connectivity index (χ4v) is 1.52. The number of carboxylic acids is 1. The lowest BCUT2D eigenvalue weighted by Gasteiger charge is -2.09. The van der Waals surface area contributed by atoms with E-state index in [-0.39, 0.29) is 11.0 Å². The molecule has 7 nitrogen and oxygen atoms in total. The molecular weight excluding hydrogens is 226 g/mol. The molecule has 88 valence electrons. The SMILES string of the molecule is C[C@@H](C(=O)O)n1c(=O)[nH]c2cccnc2c1=O. The molecule has 0 aliphatic carbocycles. The number of hydrogen-bond donors (Lipinski definition) is 2. The number of carbonyl (C=O) groups is 1. The average molecular weight is 235 g/mol. The summed E-state index contributed by atoms with van der Waals surface area (Å²) in [5.41, 5.74) is -1.14. The van der Waals surface area contributed by atoms with Crippen LogP contribution < -0.4 is 11.2 Å². The predicted octanol–water partition coefficient (Wildman–Crippen LogP) is -0.270. The summed E-state index contributed by atoms with van der Waals surface area (Å²) in [7, 11) is 0. The first-order chi connectivity index (χ1) is 8.02. The van der Waals surface area contributed by atoms with Crippen molar-refractivity contribution < 1.29 is 9.90 Å². The molecule has 2 N–H and O–H groups in total. The lowest BCUT2D eigenvalue weighted by Crippen LogP contribution is -2.40. The molecule has 0 radical (unpaired) electrons. The predicted molar refractivity (Wildman–Crippen MR) is 59.0 cm³/mol. The number of nitrogens with one attached hydrogen (secondary N) is 1. The molecule has 0 aliphatic heterocycles. The van der Waals surface area contributed by atoms with Crippen LogP contribution in [0.4, 0.5) is 0 Å². The molecule has 0 fully saturated rings. The summed E-state index contributed by atoms with van der Waals surface area (Å²) in [5.74, 6) is -1.26. The summed E-state index contributed by atoms with van der Waals surface area (Å²) >= 11 is 0. The maximum Gasteiger partial charge on any atom is 0.329 e. The van der Waals surface area contributed by atoms with Crippen molar-refractivity contribution in [1.29, 1.82) is 0 Å². The van der Waals surface area contributed by atoms with E-state index in [9.17, 15) is 14.4 Å². The van der Waals surface area contributed by atoms with Crippen LogP contribution in [-0.2, 0) is 4.79 Å². The number of H-pyrrole nitrogens is 1. The highest BCUT2D eigenvalue weighted by Crippen LogP contribution is 2.03. The van der Waals surface area contributed by atoms with Crippen LogP contribution in [0.25, 0.3) is 11.0 Å². The van der Waals surface area contributed by atoms with Crippen LogP contribution in [0.5, 0.6) is 0 Å². The van der Waals surface area contributed by atoms with Gasteiger partial charge in [0.15, 0.2) is 5.52 Å². The molecule has 0 saturated heterocycles. The van der Waals surface area contributed by atoms with Crippen LogP contribution in [0.3, 0.4) is 0 Å². The molecule has 17 heavy (non-hydrogen) atoms. The van der Waals surface area contributed by atoms with E-state index in [1.807, 2.05) is 0 Å². The minimum Gasteiger partial charge on any atom is -0.480 e. The van der Waals surface area contributed by atoms with E-state index >= 15 is 0 Å². The molecule has 0 saturated carbocycles. The Hall–Kier alpha value is -2.44. The lowest BCUT2D eigenvalue weighted by atomic mass is 10.3. The number of pyridine rings is 1. The van der Waals surface area contributed by atoms with Crippen molar-refractivity contribution >= 4 is 17.0 Å². The van der Waals surface area contributed by atoms with Crippen LogP contribution in [0.15, 0.2) is 27.9 Å². The number of aromatic nitrogens is 3. The summed E-state index contributed by atoms with van der Waals surface area (Å²) in [6.45, 7) is 1.26. The lowest BCUT2D eigenvalue weighted by molar-refractivity contribution is -0.140. The third-order valence-electron chi connectivity index (χ3n) is 2.43. The molecule has 2 aromatic rings. The van der Waals surface area contributed by atoms with Crippen molar-refractivity contribution in [2.75, 3.05) is 0 Å². The normalized spacial score (nSPS) is 12.5. The van der Waals surface area contributed by atoms with Gasteiger partial charge in [-0.25, -0.2) is 19.1 Å². The number of nitrogens with zero attached hydrogens (tertiary/aromatic N) is 2. The zero-order valence-electron chi connectivity index (χ0n) is 8.88. The Kier molecular flexibility index (Phi) is 2.51. The van der Waals surface area contributed by atoms with Gasteiger partial charge in [0.25, 0.3) is 5.56 Å². The molecule has 2 rings (SSSR count). The van der Waals surface area contributed by atoms with Crippen LogP contribution in [-0.4, -0.2) is 25.6 Å². The fraction of sp³-hybridized carbons (Fsp3) is 0.200. The monoisotopic (exact) mass is 235 g/mol. The molecule has 0 amide bonds. The maximum atomic E-state index is 11.9. The molecule has 0 bridgehead atoms. The second-order valence-electron chi connectivity index (χ2n) is 3.52. The molecule has 0 aromatic carbocycles. The highest BCUT2D eigenvalue weighted by Gasteiger charge is 2.19. The highest BCUT2D eigenvalue weighted by atomic mass is 16.4. The second-order valence-corrected chi connectivity index (χ2v) is 3.52. The van der Waals surface area contributed by atoms with Crippen molar-refractivity contribution in [1.82, 2.24) is 14.5 Å². The molecule has 0 spiro atoms. The van der Waals surface area contributed by atoms with Gasteiger partial charge in [0.05, 0.1) is 5.52 Å². The topological polar surface area (TPSA) is 105 Å². The van der Waals surface area contributed by atoms with Crippen molar-refractivity contribution in [3.8, 4) is 0 Å². The van der Waals surface area contributed by atoms with Gasteiger partial charge in [0, 0.05) is 6.20 Å². The molecular formula is C10H9N3O4. The third kappa shape index (κ3) is 1.71. The second kappa shape index (κ2) is 3.85. The smallest absolute Gasteiger partial charge is 0.329 e. The molecule has 7 heteroatoms. The van der Waals surface area contributed by atoms with Crippen LogP contribution in [0.1, 0.15) is 13.0 Å². The third-order valence-corrected chi connectivity index (χ3v) is 2.43. The minimum atomic E-state index is -1.26. The summed E-state index contributed by atoms with van der Waals surface area (Å²) in [5, 5.41) is 8.82. The Bertz CT molecular complexity index is 700. The number of rotatable bonds is 2. The fourth-order valence-electron chi connectivity index (χ4n) is 1.52. The number of aliphatic carboxylic acids is 1. The Labute approximate surface area is 94.4 Å². The van der Waals surface area contributed by atoms with E-state index < -0.39 is 23.3 Å². The summed E-state index contributed by atoms with van der Waals surface area (Å²) < 4.78 is 0.637. The van der Waals surface area contributed by atoms with Crippen LogP contribution in [0, 0.1) is 0 Å². The summed E-state index contributed by atoms with van der Waals surface area (Å²) in [6.07, 6.45) is 1.40. The summed E-state index contributed by atoms with van der Waals surface area (Å²) in [6, 6.07) is 1.86. The average Bonchev–Trinajstić information content (AvgIpc) is 2.28. The van der Waals surface area contributed by atoms with Crippen LogP contribution in [0.2, 0.25) is 0 Å². The molecule has 2 heterocycles. The van der Waals surface area contributed by atoms with Crippen molar-refractivity contribution in [3.05, 3.63) is 39.2 Å². The van der Waals surface area contributed by atoms with Gasteiger partial charge in [-0.15, -0.1) is 0 Å². The van der Waals surface area contributed by atoms with Gasteiger partial charge in [-0.2, -0.15) is 0 Å². The van der Waals surface area contributed by atoms with E-state index in [1.165, 1.54) is 19.2 Å². The zero-order valence-corrected chi connectivity index (χ0v) is 8.88. The van der Waals surface area contributed by atoms with Gasteiger partial charge in [-0.3, -0.25) is 4.79 Å². The Morgan fingerprint density at radius 2 is 2.24 bits per heavy atom. The number of carboxylic acid groups (broad SMARTS) is 1. The number of hydrogen-bond acceptors (Lipinski definition) is 4. The van der Waals surface area contributed by atoms with Gasteiger partial charge in [0.2, 0.25) is 0 Å². The summed E-state index contributed by atoms with van der Waals surface area (Å²) in [4.78, 5) is 40.6. The van der Waals surface area contributed by atoms with Gasteiger partial charge in [-0.1, -0.05) is 0 Å². The van der Waals surface area contributed by atoms with Crippen molar-refractivity contribution in [3.63, 3.8) is 0 Å². The first-order valence-corrected chi connectivity index (χ1v) is 4.84. The van der Waals surface area contributed by atoms with E-state index in [2.05, 4.69) is 9.97 Å². The van der Waals surface area contributed by atoms with Crippen LogP contribution >= 0.6 is 0 Å². The van der Waals surface area contributed by atoms with E-state index in [0.717, 1.165) is 0 Å². The number of aromatic amines is 1. The standard InChI is InChI=1S/C10H9N3O4/c1-5(9(15)16)13-8(14)7-6(12-10(13)17)3-2-4-11-7/h2-5H,1H3,(H,12,17)(H,15,16)/t5-/m0/s1. The molecule has 1 atom stereocenters. The first-order valence-electron chi connectivity index (χ1n) is 4.84. The van der Waals surface area contributed by atoms with Gasteiger partial charge >= 0.3 is 11.7 Å². The largest absolute Gasteiger partial charge is 0.480 e. The first kappa shape index (κ1) is 11.1. The minimum absolute atomic E-state index is 0.0419. The van der Waals surface area contributed by atoms with Crippen molar-refractivity contribution in [2.45, 2.75) is 13.0 Å². The van der Waals surface area contributed by atoms with Gasteiger partial charge < -0.3 is 10.1 Å². The van der Waals surface area contributed by atoms with E-state index in [4.69, 9.17) is 5.11 Å². The quantitative estimate of drug-likeness (QED) is 0.745. The Balaban J connectivity index is 2.86. The highest BCUT2D eigenvalue weighted by molar-refractivity contribution is 5.74. The zero-order chi connectivity index (χ0) is 12.6. The number of fused-ring (bicyclic) bond motifs is 1. The molecule has 0 unspecified atom stereocenters. The van der Waals surface area contributed by atoms with Gasteiger partial charge in [0.1, 0.15) is 6.04 Å². The van der Waals surface area contributed by atoms with E-state index in [1.54, 1.807) is 6.07 Å². The van der Waals surface area contributed by atoms with E-state index in [0.29, 0.717) is 4.57 Å². The molecule has 0 aliphatic rings. The maximum absolute atomic E-state index is 11.9. The Morgan fingerprint density at radius 1 is 1.53 bits per heavy atom. The van der Waals surface area contributed by atoms with Gasteiger partial charge in [-0.05, 0) is 19.1 Å².